The van der Waals surface area contributed by atoms with Crippen molar-refractivity contribution in [3.8, 4) is 11.5 Å². The zero-order valence-electron chi connectivity index (χ0n) is 14.9. The lowest BCUT2D eigenvalue weighted by Crippen LogP contribution is -2.67. The summed E-state index contributed by atoms with van der Waals surface area (Å²) >= 11 is 0. The second-order valence-electron chi connectivity index (χ2n) is 7.38. The van der Waals surface area contributed by atoms with Crippen molar-refractivity contribution in [2.45, 2.75) is 64.1 Å². The molecule has 1 heterocycles. The summed E-state index contributed by atoms with van der Waals surface area (Å²) in [6.45, 7) is 8.28. The van der Waals surface area contributed by atoms with E-state index in [-0.39, 0.29) is 5.54 Å². The van der Waals surface area contributed by atoms with E-state index in [2.05, 4.69) is 36.2 Å². The van der Waals surface area contributed by atoms with E-state index >= 15 is 0 Å². The first-order valence-electron chi connectivity index (χ1n) is 8.89. The van der Waals surface area contributed by atoms with Crippen LogP contribution >= 0.6 is 0 Å². The van der Waals surface area contributed by atoms with Gasteiger partial charge in [-0.15, -0.1) is 0 Å². The van der Waals surface area contributed by atoms with E-state index in [0.29, 0.717) is 18.7 Å². The number of piperazine rings is 1. The lowest BCUT2D eigenvalue weighted by molar-refractivity contribution is 0.199. The van der Waals surface area contributed by atoms with E-state index in [9.17, 15) is 0 Å². The van der Waals surface area contributed by atoms with Gasteiger partial charge in [0.2, 0.25) is 0 Å². The number of nitrogens with zero attached hydrogens (tertiary/aromatic N) is 1. The summed E-state index contributed by atoms with van der Waals surface area (Å²) in [7, 11) is 1.72. The van der Waals surface area contributed by atoms with E-state index < -0.39 is 0 Å². The molecule has 128 valence electrons. The Kier molecular flexibility index (Phi) is 4.72. The van der Waals surface area contributed by atoms with Crippen molar-refractivity contribution in [1.29, 1.82) is 0 Å². The number of ether oxygens (including phenoxy) is 2. The van der Waals surface area contributed by atoms with Crippen LogP contribution in [0, 0.1) is 0 Å². The second kappa shape index (κ2) is 6.60. The third-order valence-electron chi connectivity index (χ3n) is 5.05. The van der Waals surface area contributed by atoms with E-state index in [0.717, 1.165) is 18.0 Å². The summed E-state index contributed by atoms with van der Waals surface area (Å²) < 4.78 is 11.2. The number of anilines is 1. The van der Waals surface area contributed by atoms with Crippen molar-refractivity contribution in [3.05, 3.63) is 18.2 Å². The highest BCUT2D eigenvalue weighted by Gasteiger charge is 2.40. The van der Waals surface area contributed by atoms with Crippen molar-refractivity contribution in [1.82, 2.24) is 5.32 Å². The van der Waals surface area contributed by atoms with E-state index in [4.69, 9.17) is 9.47 Å². The Bertz CT molecular complexity index is 544. The zero-order chi connectivity index (χ0) is 16.4. The molecule has 1 aliphatic carbocycles. The molecule has 1 saturated carbocycles. The number of rotatable bonds is 4. The molecule has 0 aromatic heterocycles. The number of nitrogens with one attached hydrogen (secondary N) is 1. The van der Waals surface area contributed by atoms with Crippen LogP contribution in [0.2, 0.25) is 0 Å². The second-order valence-corrected chi connectivity index (χ2v) is 7.38. The maximum Gasteiger partial charge on any atom is 0.162 e. The quantitative estimate of drug-likeness (QED) is 0.920. The van der Waals surface area contributed by atoms with E-state index in [1.165, 1.54) is 31.4 Å². The van der Waals surface area contributed by atoms with Crippen LogP contribution in [-0.2, 0) is 0 Å². The molecule has 1 saturated heterocycles. The molecule has 0 bridgehead atoms. The molecule has 2 fully saturated rings. The maximum atomic E-state index is 5.66. The van der Waals surface area contributed by atoms with Gasteiger partial charge < -0.3 is 19.7 Å². The fourth-order valence-corrected chi connectivity index (χ4v) is 4.14. The molecule has 1 aromatic rings. The maximum absolute atomic E-state index is 5.66. The molecule has 1 N–H and O–H groups in total. The molecule has 3 rings (SSSR count). The van der Waals surface area contributed by atoms with E-state index in [1.54, 1.807) is 7.11 Å². The molecule has 1 aromatic carbocycles. The summed E-state index contributed by atoms with van der Waals surface area (Å²) in [6, 6.07) is 7.54. The fraction of sp³-hybridized carbons (Fsp3) is 0.684. The predicted molar refractivity (Wildman–Crippen MR) is 94.8 cm³/mol. The Morgan fingerprint density at radius 2 is 2.00 bits per heavy atom. The van der Waals surface area contributed by atoms with E-state index in [1.807, 2.05) is 13.0 Å². The smallest absolute Gasteiger partial charge is 0.162 e. The first-order valence-corrected chi connectivity index (χ1v) is 8.89. The molecular weight excluding hydrogens is 288 g/mol. The first kappa shape index (κ1) is 16.4. The first-order chi connectivity index (χ1) is 11.0. The van der Waals surface area contributed by atoms with Gasteiger partial charge in [-0.25, -0.2) is 0 Å². The lowest BCUT2D eigenvalue weighted by Gasteiger charge is -2.52. The standard InChI is InChI=1S/C19H30N2O2/c1-5-23-17-11-10-14(12-18(17)22-4)21-13-19(2,3)20-15-8-6-7-9-16(15)21/h10-12,15-16,20H,5-9,13H2,1-4H3/t15-,16-/m1/s1. The fourth-order valence-electron chi connectivity index (χ4n) is 4.14. The lowest BCUT2D eigenvalue weighted by atomic mass is 9.83. The number of benzene rings is 1. The Labute approximate surface area is 140 Å². The minimum Gasteiger partial charge on any atom is -0.493 e. The van der Waals surface area contributed by atoms with Crippen molar-refractivity contribution in [2.24, 2.45) is 0 Å². The molecule has 23 heavy (non-hydrogen) atoms. The average molecular weight is 318 g/mol. The van der Waals surface area contributed by atoms with Crippen molar-refractivity contribution < 1.29 is 9.47 Å². The molecule has 0 amide bonds. The molecule has 0 radical (unpaired) electrons. The molecule has 2 atom stereocenters. The third kappa shape index (κ3) is 3.42. The molecule has 4 heteroatoms. The van der Waals surface area contributed by atoms with Crippen molar-refractivity contribution >= 4 is 5.69 Å². The molecule has 4 nitrogen and oxygen atoms in total. The van der Waals surface area contributed by atoms with Crippen LogP contribution in [0.1, 0.15) is 46.5 Å². The van der Waals surface area contributed by atoms with Gasteiger partial charge in [0.25, 0.3) is 0 Å². The predicted octanol–water partition coefficient (Wildman–Crippen LogP) is 3.59. The molecule has 0 unspecified atom stereocenters. The monoisotopic (exact) mass is 318 g/mol. The van der Waals surface area contributed by atoms with Crippen LogP contribution in [-0.4, -0.2) is 37.9 Å². The number of methoxy groups -OCH3 is 1. The van der Waals surface area contributed by atoms with Gasteiger partial charge in [-0.05, 0) is 45.7 Å². The molecular formula is C19H30N2O2. The highest BCUT2D eigenvalue weighted by atomic mass is 16.5. The van der Waals surface area contributed by atoms with Gasteiger partial charge in [-0.2, -0.15) is 0 Å². The van der Waals surface area contributed by atoms with Gasteiger partial charge in [0.05, 0.1) is 13.7 Å². The van der Waals surface area contributed by atoms with Crippen LogP contribution in [0.3, 0.4) is 0 Å². The Morgan fingerprint density at radius 3 is 2.74 bits per heavy atom. The molecule has 1 aliphatic heterocycles. The molecule has 0 spiro atoms. The highest BCUT2D eigenvalue weighted by molar-refractivity contribution is 5.58. The average Bonchev–Trinajstić information content (AvgIpc) is 2.54. The largest absolute Gasteiger partial charge is 0.493 e. The summed E-state index contributed by atoms with van der Waals surface area (Å²) in [4.78, 5) is 2.58. The SMILES string of the molecule is CCOc1ccc(N2CC(C)(C)N[C@@H]3CCCC[C@H]32)cc1OC. The molecule has 2 aliphatic rings. The van der Waals surface area contributed by atoms with Crippen LogP contribution in [0.15, 0.2) is 18.2 Å². The summed E-state index contributed by atoms with van der Waals surface area (Å²) in [5.41, 5.74) is 1.38. The Balaban J connectivity index is 1.91. The normalized spacial score (nSPS) is 26.5. The van der Waals surface area contributed by atoms with Gasteiger partial charge in [0.15, 0.2) is 11.5 Å². The van der Waals surface area contributed by atoms with Crippen LogP contribution in [0.4, 0.5) is 5.69 Å². The third-order valence-corrected chi connectivity index (χ3v) is 5.05. The van der Waals surface area contributed by atoms with Crippen molar-refractivity contribution in [2.75, 3.05) is 25.2 Å². The number of hydrogen-bond donors (Lipinski definition) is 1. The van der Waals surface area contributed by atoms with Crippen LogP contribution in [0.25, 0.3) is 0 Å². The topological polar surface area (TPSA) is 33.7 Å². The van der Waals surface area contributed by atoms with Gasteiger partial charge in [-0.1, -0.05) is 12.8 Å². The highest BCUT2D eigenvalue weighted by Crippen LogP contribution is 2.37. The van der Waals surface area contributed by atoms with Gasteiger partial charge in [-0.3, -0.25) is 0 Å². The van der Waals surface area contributed by atoms with Gasteiger partial charge in [0, 0.05) is 35.9 Å². The number of fused-ring (bicyclic) bond motifs is 1. The summed E-state index contributed by atoms with van der Waals surface area (Å²) in [6.07, 6.45) is 5.21. The van der Waals surface area contributed by atoms with Crippen molar-refractivity contribution in [3.63, 3.8) is 0 Å². The van der Waals surface area contributed by atoms with Gasteiger partial charge >= 0.3 is 0 Å². The van der Waals surface area contributed by atoms with Crippen LogP contribution in [0.5, 0.6) is 11.5 Å². The Hall–Kier alpha value is -1.42. The Morgan fingerprint density at radius 1 is 1.22 bits per heavy atom. The summed E-state index contributed by atoms with van der Waals surface area (Å²) in [5.74, 6) is 1.65. The minimum absolute atomic E-state index is 0.129. The van der Waals surface area contributed by atoms with Gasteiger partial charge in [0.1, 0.15) is 0 Å². The van der Waals surface area contributed by atoms with Crippen LogP contribution < -0.4 is 19.7 Å². The minimum atomic E-state index is 0.129. The zero-order valence-corrected chi connectivity index (χ0v) is 14.9. The number of hydrogen-bond acceptors (Lipinski definition) is 4. The summed E-state index contributed by atoms with van der Waals surface area (Å²) in [5, 5.41) is 3.86.